The fraction of sp³-hybridized carbons (Fsp3) is 0.444. The number of aromatic nitrogens is 2. The van der Waals surface area contributed by atoms with Crippen LogP contribution in [0.4, 0.5) is 0 Å². The Hall–Kier alpha value is -1.66. The van der Waals surface area contributed by atoms with Gasteiger partial charge in [-0.2, -0.15) is 5.10 Å². The molecule has 1 fully saturated rings. The highest BCUT2D eigenvalue weighted by molar-refractivity contribution is 9.10. The summed E-state index contributed by atoms with van der Waals surface area (Å²) in [5, 5.41) is 14.1. The lowest BCUT2D eigenvalue weighted by atomic mass is 10.1. The third-order valence-electron chi connectivity index (χ3n) is 4.48. The summed E-state index contributed by atoms with van der Waals surface area (Å²) < 4.78 is 2.92. The van der Waals surface area contributed by atoms with Gasteiger partial charge in [-0.25, -0.2) is 4.68 Å². The minimum Gasteiger partial charge on any atom is -0.480 e. The largest absolute Gasteiger partial charge is 0.480 e. The molecule has 6 heteroatoms. The van der Waals surface area contributed by atoms with Gasteiger partial charge in [0.15, 0.2) is 0 Å². The first-order valence-corrected chi connectivity index (χ1v) is 9.06. The molecule has 2 aromatic rings. The summed E-state index contributed by atoms with van der Waals surface area (Å²) in [5.41, 5.74) is 3.15. The Morgan fingerprint density at radius 2 is 2.08 bits per heavy atom. The van der Waals surface area contributed by atoms with Crippen LogP contribution in [-0.2, 0) is 11.3 Å². The Labute approximate surface area is 150 Å². The fourth-order valence-electron chi connectivity index (χ4n) is 3.27. The van der Waals surface area contributed by atoms with Crippen molar-refractivity contribution < 1.29 is 9.90 Å². The maximum absolute atomic E-state index is 11.4. The Bertz CT molecular complexity index is 724. The zero-order valence-corrected chi connectivity index (χ0v) is 15.5. The second-order valence-corrected chi connectivity index (χ2v) is 7.50. The summed E-state index contributed by atoms with van der Waals surface area (Å²) in [6.45, 7) is 5.71. The zero-order chi connectivity index (χ0) is 17.3. The molecule has 24 heavy (non-hydrogen) atoms. The highest BCUT2D eigenvalue weighted by atomic mass is 79.9. The van der Waals surface area contributed by atoms with Crippen LogP contribution in [0.25, 0.3) is 5.69 Å². The van der Waals surface area contributed by atoms with Gasteiger partial charge in [-0.1, -0.05) is 29.8 Å². The number of nitrogens with zero attached hydrogens (tertiary/aromatic N) is 3. The van der Waals surface area contributed by atoms with Gasteiger partial charge in [-0.15, -0.1) is 0 Å². The van der Waals surface area contributed by atoms with E-state index < -0.39 is 5.97 Å². The Balaban J connectivity index is 1.89. The summed E-state index contributed by atoms with van der Waals surface area (Å²) in [7, 11) is 0. The molecule has 0 amide bonds. The van der Waals surface area contributed by atoms with Crippen LogP contribution in [-0.4, -0.2) is 38.3 Å². The SMILES string of the molecule is CC(C)c1nn(-c2ccc(Br)cc2)cc1CN1CCC[C@H]1C(=O)O. The van der Waals surface area contributed by atoms with Gasteiger partial charge in [0.25, 0.3) is 0 Å². The molecule has 1 N–H and O–H groups in total. The molecule has 5 nitrogen and oxygen atoms in total. The maximum atomic E-state index is 11.4. The first kappa shape index (κ1) is 17.2. The van der Waals surface area contributed by atoms with E-state index in [1.54, 1.807) is 0 Å². The normalized spacial score (nSPS) is 18.4. The second-order valence-electron chi connectivity index (χ2n) is 6.58. The van der Waals surface area contributed by atoms with Gasteiger partial charge in [-0.05, 0) is 49.6 Å². The molecule has 0 saturated carbocycles. The summed E-state index contributed by atoms with van der Waals surface area (Å²) in [5.74, 6) is -0.429. The number of carboxylic acids is 1. The Morgan fingerprint density at radius 1 is 1.38 bits per heavy atom. The summed E-state index contributed by atoms with van der Waals surface area (Å²) >= 11 is 3.45. The van der Waals surface area contributed by atoms with E-state index in [0.717, 1.165) is 40.8 Å². The molecule has 0 aliphatic carbocycles. The monoisotopic (exact) mass is 391 g/mol. The van der Waals surface area contributed by atoms with E-state index in [9.17, 15) is 9.90 Å². The number of carbonyl (C=O) groups is 1. The number of hydrogen-bond acceptors (Lipinski definition) is 3. The molecule has 1 atom stereocenters. The number of hydrogen-bond donors (Lipinski definition) is 1. The summed E-state index contributed by atoms with van der Waals surface area (Å²) in [6, 6.07) is 7.64. The molecule has 1 saturated heterocycles. The first-order valence-electron chi connectivity index (χ1n) is 8.27. The van der Waals surface area contributed by atoms with Crippen molar-refractivity contribution in [2.24, 2.45) is 0 Å². The van der Waals surface area contributed by atoms with Crippen LogP contribution >= 0.6 is 15.9 Å². The van der Waals surface area contributed by atoms with Crippen LogP contribution in [0.5, 0.6) is 0 Å². The van der Waals surface area contributed by atoms with E-state index in [0.29, 0.717) is 12.5 Å². The van der Waals surface area contributed by atoms with Crippen molar-refractivity contribution in [1.82, 2.24) is 14.7 Å². The maximum Gasteiger partial charge on any atom is 0.320 e. The van der Waals surface area contributed by atoms with Gasteiger partial charge >= 0.3 is 5.97 Å². The quantitative estimate of drug-likeness (QED) is 0.841. The number of rotatable bonds is 5. The Morgan fingerprint density at radius 3 is 2.71 bits per heavy atom. The number of carboxylic acid groups (broad SMARTS) is 1. The van der Waals surface area contributed by atoms with E-state index in [4.69, 9.17) is 5.10 Å². The van der Waals surface area contributed by atoms with Crippen molar-refractivity contribution in [1.29, 1.82) is 0 Å². The van der Waals surface area contributed by atoms with E-state index in [1.807, 2.05) is 35.1 Å². The van der Waals surface area contributed by atoms with Crippen LogP contribution < -0.4 is 0 Å². The molecule has 3 rings (SSSR count). The average molecular weight is 392 g/mol. The number of benzene rings is 1. The molecular formula is C18H22BrN3O2. The fourth-order valence-corrected chi connectivity index (χ4v) is 3.54. The third-order valence-corrected chi connectivity index (χ3v) is 5.01. The molecular weight excluding hydrogens is 370 g/mol. The molecule has 0 spiro atoms. The van der Waals surface area contributed by atoms with Crippen molar-refractivity contribution in [3.05, 3.63) is 46.2 Å². The molecule has 0 unspecified atom stereocenters. The Kier molecular flexibility index (Phi) is 5.06. The molecule has 1 aromatic heterocycles. The van der Waals surface area contributed by atoms with Crippen molar-refractivity contribution in [2.45, 2.75) is 45.2 Å². The van der Waals surface area contributed by atoms with Gasteiger partial charge in [0.2, 0.25) is 0 Å². The predicted octanol–water partition coefficient (Wildman–Crippen LogP) is 3.81. The molecule has 1 aromatic carbocycles. The van der Waals surface area contributed by atoms with Gasteiger partial charge in [0.1, 0.15) is 6.04 Å². The lowest BCUT2D eigenvalue weighted by Gasteiger charge is -2.21. The molecule has 0 bridgehead atoms. The minimum atomic E-state index is -0.723. The van der Waals surface area contributed by atoms with Crippen LogP contribution in [0.1, 0.15) is 43.9 Å². The average Bonchev–Trinajstić information content (AvgIpc) is 3.15. The lowest BCUT2D eigenvalue weighted by Crippen LogP contribution is -2.35. The van der Waals surface area contributed by atoms with Crippen molar-refractivity contribution in [2.75, 3.05) is 6.54 Å². The molecule has 2 heterocycles. The summed E-state index contributed by atoms with van der Waals surface area (Å²) in [4.78, 5) is 13.5. The molecule has 128 valence electrons. The molecule has 1 aliphatic heterocycles. The van der Waals surface area contributed by atoms with Crippen LogP contribution in [0.15, 0.2) is 34.9 Å². The third kappa shape index (κ3) is 3.54. The first-order chi connectivity index (χ1) is 11.5. The predicted molar refractivity (Wildman–Crippen MR) is 96.4 cm³/mol. The zero-order valence-electron chi connectivity index (χ0n) is 13.9. The van der Waals surface area contributed by atoms with Crippen LogP contribution in [0.3, 0.4) is 0 Å². The number of likely N-dealkylation sites (tertiary alicyclic amines) is 1. The highest BCUT2D eigenvalue weighted by Gasteiger charge is 2.31. The van der Waals surface area contributed by atoms with Crippen molar-refractivity contribution >= 4 is 21.9 Å². The number of aliphatic carboxylic acids is 1. The van der Waals surface area contributed by atoms with Crippen molar-refractivity contribution in [3.63, 3.8) is 0 Å². The topological polar surface area (TPSA) is 58.4 Å². The standard InChI is InChI=1S/C18H22BrN3O2/c1-12(2)17-13(10-21-9-3-4-16(21)18(23)24)11-22(20-17)15-7-5-14(19)6-8-15/h5-8,11-12,16H,3-4,9-10H2,1-2H3,(H,23,24)/t16-/m0/s1. The molecule has 0 radical (unpaired) electrons. The van der Waals surface area contributed by atoms with Crippen LogP contribution in [0, 0.1) is 0 Å². The van der Waals surface area contributed by atoms with E-state index in [1.165, 1.54) is 0 Å². The van der Waals surface area contributed by atoms with Gasteiger partial charge in [0.05, 0.1) is 11.4 Å². The summed E-state index contributed by atoms with van der Waals surface area (Å²) in [6.07, 6.45) is 3.71. The smallest absolute Gasteiger partial charge is 0.320 e. The van der Waals surface area contributed by atoms with Gasteiger partial charge in [0, 0.05) is 22.8 Å². The molecule has 1 aliphatic rings. The minimum absolute atomic E-state index is 0.294. The van der Waals surface area contributed by atoms with E-state index in [2.05, 4.69) is 34.7 Å². The van der Waals surface area contributed by atoms with Gasteiger partial charge < -0.3 is 5.11 Å². The second kappa shape index (κ2) is 7.07. The van der Waals surface area contributed by atoms with E-state index in [-0.39, 0.29) is 6.04 Å². The van der Waals surface area contributed by atoms with Crippen molar-refractivity contribution in [3.8, 4) is 5.69 Å². The van der Waals surface area contributed by atoms with Gasteiger partial charge in [-0.3, -0.25) is 9.69 Å². The lowest BCUT2D eigenvalue weighted by molar-refractivity contribution is -0.142. The number of halogens is 1. The highest BCUT2D eigenvalue weighted by Crippen LogP contribution is 2.26. The van der Waals surface area contributed by atoms with Crippen LogP contribution in [0.2, 0.25) is 0 Å². The van der Waals surface area contributed by atoms with E-state index >= 15 is 0 Å².